The van der Waals surface area contributed by atoms with Gasteiger partial charge in [-0.15, -0.1) is 0 Å². The fraction of sp³-hybridized carbons (Fsp3) is 0.0439. The first-order valence-corrected chi connectivity index (χ1v) is 40.8. The molecule has 4 spiro atoms. The van der Waals surface area contributed by atoms with E-state index in [1.807, 2.05) is 12.1 Å². The second-order valence-electron chi connectivity index (χ2n) is 32.6. The SMILES string of the molecule is C=C/C=C\C1=C(C)c2ccccc2C12c1cc(C#N)ccc1-c1ccc(N(c3ccccc3)c3cccc(-c4cccc5c4-c4ccccc4C54c5ccccc5-c5ccc(N(c6ccc7c(c6)C6(c8ccccc8-c8ccccc86)c6ccccc6-7)c6ccc7c(c6)C6(c8ccccc8-c8ccccc86)c6ccccc6-7)cc54)c3)cc12. The molecule has 3 heteroatoms. The van der Waals surface area contributed by atoms with Crippen LogP contribution in [-0.4, -0.2) is 0 Å². The van der Waals surface area contributed by atoms with Crippen LogP contribution in [0.25, 0.3) is 94.6 Å². The Hall–Kier alpha value is -15.0. The minimum Gasteiger partial charge on any atom is -0.310 e. The molecule has 0 fully saturated rings. The van der Waals surface area contributed by atoms with Gasteiger partial charge >= 0.3 is 0 Å². The molecule has 3 nitrogen and oxygen atoms in total. The van der Waals surface area contributed by atoms with Crippen LogP contribution in [0.1, 0.15) is 102 Å². The van der Waals surface area contributed by atoms with Crippen molar-refractivity contribution >= 4 is 39.7 Å². The minimum atomic E-state index is -0.734. The van der Waals surface area contributed by atoms with Crippen LogP contribution < -0.4 is 9.80 Å². The number of hydrogen-bond acceptors (Lipinski definition) is 3. The highest BCUT2D eigenvalue weighted by molar-refractivity contribution is 6.05. The summed E-state index contributed by atoms with van der Waals surface area (Å²) in [4.78, 5) is 5.05. The molecule has 17 aromatic rings. The van der Waals surface area contributed by atoms with Crippen LogP contribution in [0, 0.1) is 11.3 Å². The zero-order valence-corrected chi connectivity index (χ0v) is 64.2. The van der Waals surface area contributed by atoms with E-state index in [0.29, 0.717) is 5.56 Å². The summed E-state index contributed by atoms with van der Waals surface area (Å²) in [6.45, 7) is 6.41. The van der Waals surface area contributed by atoms with Crippen molar-refractivity contribution in [1.29, 1.82) is 5.26 Å². The highest BCUT2D eigenvalue weighted by atomic mass is 15.1. The average molecular weight is 1480 g/mol. The molecule has 25 rings (SSSR count). The Balaban J connectivity index is 0.695. The first-order chi connectivity index (χ1) is 57.9. The maximum absolute atomic E-state index is 10.6. The first kappa shape index (κ1) is 65.6. The number of benzene rings is 17. The predicted octanol–water partition coefficient (Wildman–Crippen LogP) is 28.0. The number of allylic oxidation sites excluding steroid dienone is 5. The second kappa shape index (κ2) is 24.1. The number of hydrogen-bond donors (Lipinski definition) is 0. The van der Waals surface area contributed by atoms with E-state index >= 15 is 0 Å². The van der Waals surface area contributed by atoms with Crippen molar-refractivity contribution in [3.05, 3.63) is 507 Å². The summed E-state index contributed by atoms with van der Waals surface area (Å²) in [7, 11) is 0. The van der Waals surface area contributed by atoms with Gasteiger partial charge in [-0.3, -0.25) is 0 Å². The Morgan fingerprint density at radius 3 is 0.957 bits per heavy atom. The average Bonchev–Trinajstić information content (AvgIpc) is 1.55. The van der Waals surface area contributed by atoms with Gasteiger partial charge in [0.15, 0.2) is 0 Å². The van der Waals surface area contributed by atoms with Crippen LogP contribution >= 0.6 is 0 Å². The largest absolute Gasteiger partial charge is 0.310 e. The molecule has 2 atom stereocenters. The Bertz CT molecular complexity index is 7100. The minimum absolute atomic E-state index is 0.573. The van der Waals surface area contributed by atoms with E-state index in [0.717, 1.165) is 56.4 Å². The molecule has 2 unspecified atom stereocenters. The lowest BCUT2D eigenvalue weighted by Crippen LogP contribution is -2.27. The molecule has 0 saturated heterocycles. The number of rotatable bonds is 9. The third kappa shape index (κ3) is 8.23. The normalized spacial score (nSPS) is 16.6. The molecular formula is C114H71N3. The second-order valence-corrected chi connectivity index (χ2v) is 32.6. The quantitative estimate of drug-likeness (QED) is 0.135. The van der Waals surface area contributed by atoms with Crippen LogP contribution in [0.3, 0.4) is 0 Å². The van der Waals surface area contributed by atoms with Crippen LogP contribution in [0.4, 0.5) is 34.1 Å². The van der Waals surface area contributed by atoms with Crippen LogP contribution in [0.5, 0.6) is 0 Å². The van der Waals surface area contributed by atoms with Gasteiger partial charge < -0.3 is 9.80 Å². The van der Waals surface area contributed by atoms with Crippen LogP contribution in [-0.2, 0) is 21.7 Å². The molecule has 0 radical (unpaired) electrons. The summed E-state index contributed by atoms with van der Waals surface area (Å²) in [5.74, 6) is 0. The number of nitrogens with zero attached hydrogens (tertiary/aromatic N) is 3. The molecule has 0 N–H and O–H groups in total. The third-order valence-corrected chi connectivity index (χ3v) is 27.7. The third-order valence-electron chi connectivity index (χ3n) is 27.7. The maximum atomic E-state index is 10.6. The molecule has 0 aliphatic heterocycles. The lowest BCUT2D eigenvalue weighted by Gasteiger charge is -2.34. The Morgan fingerprint density at radius 2 is 0.538 bits per heavy atom. The van der Waals surface area contributed by atoms with Gasteiger partial charge in [-0.1, -0.05) is 322 Å². The highest BCUT2D eigenvalue weighted by Gasteiger charge is 2.57. The zero-order chi connectivity index (χ0) is 77.2. The molecule has 8 aliphatic rings. The fourth-order valence-corrected chi connectivity index (χ4v) is 23.5. The van der Waals surface area contributed by atoms with E-state index < -0.39 is 21.7 Å². The smallest absolute Gasteiger partial charge is 0.0991 e. The van der Waals surface area contributed by atoms with Crippen molar-refractivity contribution in [2.45, 2.75) is 28.6 Å². The van der Waals surface area contributed by atoms with Crippen LogP contribution in [0.2, 0.25) is 0 Å². The van der Waals surface area contributed by atoms with E-state index in [4.69, 9.17) is 0 Å². The lowest BCUT2D eigenvalue weighted by atomic mass is 9.69. The van der Waals surface area contributed by atoms with E-state index in [9.17, 15) is 5.26 Å². The van der Waals surface area contributed by atoms with Crippen molar-refractivity contribution < 1.29 is 0 Å². The summed E-state index contributed by atoms with van der Waals surface area (Å²) < 4.78 is 0. The zero-order valence-electron chi connectivity index (χ0n) is 64.2. The van der Waals surface area contributed by atoms with Gasteiger partial charge in [0.1, 0.15) is 0 Å². The summed E-state index contributed by atoms with van der Waals surface area (Å²) in [5, 5.41) is 10.6. The van der Waals surface area contributed by atoms with Gasteiger partial charge in [0, 0.05) is 34.1 Å². The van der Waals surface area contributed by atoms with Gasteiger partial charge in [-0.2, -0.15) is 5.26 Å². The van der Waals surface area contributed by atoms with Gasteiger partial charge in [0.25, 0.3) is 0 Å². The Kier molecular flexibility index (Phi) is 13.5. The van der Waals surface area contributed by atoms with Gasteiger partial charge in [-0.25, -0.2) is 0 Å². The van der Waals surface area contributed by atoms with Gasteiger partial charge in [0.05, 0.1) is 33.3 Å². The predicted molar refractivity (Wildman–Crippen MR) is 479 cm³/mol. The molecule has 0 aromatic heterocycles. The molecule has 17 aromatic carbocycles. The van der Waals surface area contributed by atoms with Crippen molar-refractivity contribution in [3.8, 4) is 95.1 Å². The monoisotopic (exact) mass is 1480 g/mol. The standard InChI is InChI=1S/C114H71N3/c1-3-4-42-94-70(2)79-32-8-17-43-95(79)111(94)105-63-71(69-115)53-58-88(105)92-62-54-75(65-106(92)111)116(73-29-6-5-7-30-73)74-31-26-28-72(64-74)80-41-27-52-104-110(80)93-40-16-25-51-103(93)114(104)102-50-24-15-39-87(102)91-61-57-78(68-109(91)114)117(76-55-59-89-85-37-13-22-48-100(85)112(107(89)66-76)96-44-18-9-33-81(96)82-34-10-19-45-97(82)112)77-56-60-90-86-38-14-23-49-101(86)113(108(90)67-77)98-46-20-11-35-83(98)84-36-12-21-47-99(84)113/h3-68H,1H2,2H3/b42-4-. The van der Waals surface area contributed by atoms with Crippen molar-refractivity contribution in [3.63, 3.8) is 0 Å². The summed E-state index contributed by atoms with van der Waals surface area (Å²) in [5.41, 5.74) is 46.8. The molecule has 8 aliphatic carbocycles. The molecule has 542 valence electrons. The van der Waals surface area contributed by atoms with E-state index in [1.165, 1.54) is 167 Å². The maximum Gasteiger partial charge on any atom is 0.0991 e. The number of anilines is 6. The molecule has 117 heavy (non-hydrogen) atoms. The van der Waals surface area contributed by atoms with Crippen molar-refractivity contribution in [2.75, 3.05) is 9.80 Å². The van der Waals surface area contributed by atoms with Gasteiger partial charge in [-0.05, 0) is 281 Å². The molecule has 0 heterocycles. The first-order valence-electron chi connectivity index (χ1n) is 40.8. The number of para-hydroxylation sites is 1. The highest BCUT2D eigenvalue weighted by Crippen LogP contribution is 2.70. The van der Waals surface area contributed by atoms with E-state index in [-0.39, 0.29) is 0 Å². The van der Waals surface area contributed by atoms with Crippen molar-refractivity contribution in [2.24, 2.45) is 0 Å². The lowest BCUT2D eigenvalue weighted by molar-refractivity contribution is 0.785. The summed E-state index contributed by atoms with van der Waals surface area (Å²) in [6.07, 6.45) is 6.18. The van der Waals surface area contributed by atoms with E-state index in [1.54, 1.807) is 0 Å². The fourth-order valence-electron chi connectivity index (χ4n) is 23.5. The topological polar surface area (TPSA) is 30.3 Å². The van der Waals surface area contributed by atoms with Crippen LogP contribution in [0.15, 0.2) is 413 Å². The molecular weight excluding hydrogens is 1410 g/mol. The number of nitriles is 1. The molecule has 0 saturated carbocycles. The number of fused-ring (bicyclic) bond motifs is 37. The summed E-state index contributed by atoms with van der Waals surface area (Å²) in [6, 6.07) is 148. The van der Waals surface area contributed by atoms with E-state index in [2.05, 4.69) is 418 Å². The van der Waals surface area contributed by atoms with Crippen molar-refractivity contribution in [1.82, 2.24) is 0 Å². The summed E-state index contributed by atoms with van der Waals surface area (Å²) >= 11 is 0. The van der Waals surface area contributed by atoms with Gasteiger partial charge in [0.2, 0.25) is 0 Å². The Labute approximate surface area is 681 Å². The molecule has 0 amide bonds. The molecule has 0 bridgehead atoms. The Morgan fingerprint density at radius 1 is 0.248 bits per heavy atom.